The molecule has 0 N–H and O–H groups in total. The summed E-state index contributed by atoms with van der Waals surface area (Å²) < 4.78 is 25.9. The Morgan fingerprint density at radius 2 is 0.850 bits per heavy atom. The lowest BCUT2D eigenvalue weighted by molar-refractivity contribution is -0.182. The maximum atomic E-state index is 12.4. The van der Waals surface area contributed by atoms with Crippen molar-refractivity contribution in [2.45, 2.75) is 50.8 Å². The van der Waals surface area contributed by atoms with Crippen LogP contribution in [0.4, 0.5) is 0 Å². The molecule has 1 aliphatic carbocycles. The maximum Gasteiger partial charge on any atom is 0.148 e. The molecule has 0 bridgehead atoms. The highest BCUT2D eigenvalue weighted by molar-refractivity contribution is 5.75. The van der Waals surface area contributed by atoms with Gasteiger partial charge in [-0.05, 0) is 28.3 Å². The molecule has 0 saturated carbocycles. The Morgan fingerprint density at radius 3 is 1.27 bits per heavy atom. The fraction of sp³-hybridized carbons (Fsp3) is 0.229. The Bertz CT molecular complexity index is 1330. The molecular formula is C35H34O5. The standard InChI is InChI=1S/C35H34O5/c36-22-31-21-32(37-23-27-13-5-1-6-14-27)34(39-25-29-17-9-3-10-18-29)35(40-26-30-19-11-4-12-20-30)33(31)38-24-28-15-7-2-8-16-28/h1-22,32-35H,23-26H2/t32-,33+,34+,35+/m1/s1. The minimum absolute atomic E-state index is 0.336. The third kappa shape index (κ3) is 7.62. The fourth-order valence-electron chi connectivity index (χ4n) is 4.80. The molecule has 0 radical (unpaired) electrons. The van der Waals surface area contributed by atoms with E-state index in [4.69, 9.17) is 18.9 Å². The third-order valence-electron chi connectivity index (χ3n) is 6.90. The Kier molecular flexibility index (Phi) is 10.0. The molecule has 40 heavy (non-hydrogen) atoms. The SMILES string of the molecule is O=CC1=C[C@@H](OCc2ccccc2)[C@H](OCc2ccccc2)[C@@H](OCc2ccccc2)[C@H]1OCc1ccccc1. The first-order chi connectivity index (χ1) is 19.8. The van der Waals surface area contributed by atoms with Crippen molar-refractivity contribution in [3.63, 3.8) is 0 Å². The minimum Gasteiger partial charge on any atom is -0.368 e. The van der Waals surface area contributed by atoms with E-state index in [0.29, 0.717) is 32.0 Å². The summed E-state index contributed by atoms with van der Waals surface area (Å²) in [5.74, 6) is 0. The molecule has 0 unspecified atom stereocenters. The van der Waals surface area contributed by atoms with E-state index in [9.17, 15) is 4.79 Å². The smallest absolute Gasteiger partial charge is 0.148 e. The van der Waals surface area contributed by atoms with E-state index in [-0.39, 0.29) is 0 Å². The number of carbonyl (C=O) groups excluding carboxylic acids is 1. The minimum atomic E-state index is -0.626. The van der Waals surface area contributed by atoms with E-state index in [1.807, 2.05) is 127 Å². The summed E-state index contributed by atoms with van der Waals surface area (Å²) >= 11 is 0. The Balaban J connectivity index is 1.44. The van der Waals surface area contributed by atoms with E-state index in [1.165, 1.54) is 0 Å². The predicted molar refractivity (Wildman–Crippen MR) is 154 cm³/mol. The molecule has 5 heteroatoms. The summed E-state index contributed by atoms with van der Waals surface area (Å²) in [6.45, 7) is 1.43. The number of aldehydes is 1. The molecule has 0 amide bonds. The Morgan fingerprint density at radius 1 is 0.475 bits per heavy atom. The molecule has 5 nitrogen and oxygen atoms in total. The summed E-state index contributed by atoms with van der Waals surface area (Å²) in [5, 5.41) is 0. The van der Waals surface area contributed by atoms with Gasteiger partial charge in [-0.3, -0.25) is 4.79 Å². The average molecular weight is 535 g/mol. The van der Waals surface area contributed by atoms with Gasteiger partial charge in [0.1, 0.15) is 30.7 Å². The fourth-order valence-corrected chi connectivity index (χ4v) is 4.80. The molecule has 204 valence electrons. The molecule has 0 saturated heterocycles. The van der Waals surface area contributed by atoms with Gasteiger partial charge < -0.3 is 18.9 Å². The maximum absolute atomic E-state index is 12.4. The lowest BCUT2D eigenvalue weighted by Gasteiger charge is -2.40. The van der Waals surface area contributed by atoms with Crippen LogP contribution in [0.5, 0.6) is 0 Å². The van der Waals surface area contributed by atoms with Crippen LogP contribution in [0.2, 0.25) is 0 Å². The largest absolute Gasteiger partial charge is 0.368 e. The highest BCUT2D eigenvalue weighted by atomic mass is 16.6. The first-order valence-electron chi connectivity index (χ1n) is 13.6. The van der Waals surface area contributed by atoms with Crippen LogP contribution in [0.25, 0.3) is 0 Å². The van der Waals surface area contributed by atoms with E-state index in [0.717, 1.165) is 28.5 Å². The first kappa shape index (κ1) is 27.7. The molecule has 0 heterocycles. The van der Waals surface area contributed by atoms with Crippen LogP contribution >= 0.6 is 0 Å². The highest BCUT2D eigenvalue weighted by Gasteiger charge is 2.43. The summed E-state index contributed by atoms with van der Waals surface area (Å²) in [6.07, 6.45) is 0.445. The molecule has 5 rings (SSSR count). The van der Waals surface area contributed by atoms with Gasteiger partial charge in [0, 0.05) is 5.57 Å². The monoisotopic (exact) mass is 534 g/mol. The topological polar surface area (TPSA) is 54.0 Å². The number of hydrogen-bond donors (Lipinski definition) is 0. The lowest BCUT2D eigenvalue weighted by atomic mass is 9.89. The van der Waals surface area contributed by atoms with Crippen molar-refractivity contribution in [2.75, 3.05) is 0 Å². The number of carbonyl (C=O) groups is 1. The van der Waals surface area contributed by atoms with E-state index in [2.05, 4.69) is 0 Å². The van der Waals surface area contributed by atoms with Gasteiger partial charge in [-0.25, -0.2) is 0 Å². The van der Waals surface area contributed by atoms with E-state index in [1.54, 1.807) is 0 Å². The number of rotatable bonds is 13. The Labute approximate surface area is 236 Å². The van der Waals surface area contributed by atoms with Gasteiger partial charge >= 0.3 is 0 Å². The average Bonchev–Trinajstić information content (AvgIpc) is 3.03. The molecule has 4 atom stereocenters. The zero-order chi connectivity index (χ0) is 27.4. The van der Waals surface area contributed by atoms with Crippen molar-refractivity contribution in [3.05, 3.63) is 155 Å². The Hall–Kier alpha value is -3.87. The van der Waals surface area contributed by atoms with Crippen molar-refractivity contribution < 1.29 is 23.7 Å². The molecule has 0 aromatic heterocycles. The summed E-state index contributed by atoms with van der Waals surface area (Å²) in [6, 6.07) is 39.9. The highest BCUT2D eigenvalue weighted by Crippen LogP contribution is 2.31. The van der Waals surface area contributed by atoms with Gasteiger partial charge in [-0.15, -0.1) is 0 Å². The number of hydrogen-bond acceptors (Lipinski definition) is 5. The van der Waals surface area contributed by atoms with E-state index < -0.39 is 24.4 Å². The van der Waals surface area contributed by atoms with Crippen LogP contribution in [0.1, 0.15) is 22.3 Å². The van der Waals surface area contributed by atoms with Crippen LogP contribution < -0.4 is 0 Å². The van der Waals surface area contributed by atoms with Gasteiger partial charge in [-0.2, -0.15) is 0 Å². The molecule has 4 aromatic carbocycles. The van der Waals surface area contributed by atoms with Crippen LogP contribution in [-0.4, -0.2) is 30.7 Å². The second-order valence-corrected chi connectivity index (χ2v) is 9.79. The van der Waals surface area contributed by atoms with Gasteiger partial charge in [0.05, 0.1) is 26.4 Å². The van der Waals surface area contributed by atoms with Gasteiger partial charge in [0.25, 0.3) is 0 Å². The van der Waals surface area contributed by atoms with Crippen LogP contribution in [0.15, 0.2) is 133 Å². The normalized spacial score (nSPS) is 20.6. The molecule has 0 spiro atoms. The zero-order valence-electron chi connectivity index (χ0n) is 22.4. The second kappa shape index (κ2) is 14.5. The summed E-state index contributed by atoms with van der Waals surface area (Å²) in [4.78, 5) is 12.4. The predicted octanol–water partition coefficient (Wildman–Crippen LogP) is 6.47. The number of benzene rings is 4. The summed E-state index contributed by atoms with van der Waals surface area (Å²) in [5.41, 5.74) is 4.60. The van der Waals surface area contributed by atoms with Crippen LogP contribution in [-0.2, 0) is 50.2 Å². The van der Waals surface area contributed by atoms with Gasteiger partial charge in [0.2, 0.25) is 0 Å². The molecule has 1 aliphatic rings. The van der Waals surface area contributed by atoms with Crippen LogP contribution in [0, 0.1) is 0 Å². The summed E-state index contributed by atoms with van der Waals surface area (Å²) in [7, 11) is 0. The first-order valence-corrected chi connectivity index (χ1v) is 13.6. The van der Waals surface area contributed by atoms with Crippen LogP contribution in [0.3, 0.4) is 0 Å². The van der Waals surface area contributed by atoms with Crippen molar-refractivity contribution in [1.29, 1.82) is 0 Å². The molecular weight excluding hydrogens is 500 g/mol. The number of ether oxygens (including phenoxy) is 4. The van der Waals surface area contributed by atoms with Gasteiger partial charge in [0.15, 0.2) is 0 Å². The van der Waals surface area contributed by atoms with Crippen molar-refractivity contribution in [2.24, 2.45) is 0 Å². The van der Waals surface area contributed by atoms with E-state index >= 15 is 0 Å². The van der Waals surface area contributed by atoms with Crippen molar-refractivity contribution in [3.8, 4) is 0 Å². The second-order valence-electron chi connectivity index (χ2n) is 9.79. The quantitative estimate of drug-likeness (QED) is 0.184. The van der Waals surface area contributed by atoms with Gasteiger partial charge in [-0.1, -0.05) is 121 Å². The lowest BCUT2D eigenvalue weighted by Crippen LogP contribution is -2.53. The van der Waals surface area contributed by atoms with Crippen molar-refractivity contribution >= 4 is 6.29 Å². The zero-order valence-corrected chi connectivity index (χ0v) is 22.4. The third-order valence-corrected chi connectivity index (χ3v) is 6.90. The molecule has 4 aromatic rings. The molecule has 0 aliphatic heterocycles. The van der Waals surface area contributed by atoms with Crippen molar-refractivity contribution in [1.82, 2.24) is 0 Å². The molecule has 0 fully saturated rings.